The van der Waals surface area contributed by atoms with Crippen LogP contribution in [0.5, 0.6) is 0 Å². The number of quaternary nitrogens is 2. The Kier molecular flexibility index (Phi) is 41.7. The van der Waals surface area contributed by atoms with Gasteiger partial charge < -0.3 is 31.1 Å². The van der Waals surface area contributed by atoms with Gasteiger partial charge in [0.1, 0.15) is 0 Å². The number of rotatable bonds is 22. The molecule has 0 amide bonds. The van der Waals surface area contributed by atoms with Crippen LogP contribution in [0.15, 0.2) is 0 Å². The van der Waals surface area contributed by atoms with Crippen LogP contribution in [0.2, 0.25) is 0 Å². The highest BCUT2D eigenvalue weighted by Gasteiger charge is 2.05. The SMILES string of the molecule is CC[O-].C[N+](C)(C)CCCCCCCCCCCS.C[N+](C)(C)CCCCCCCCCCCS.[Br-]. The Morgan fingerprint density at radius 3 is 0.750 bits per heavy atom. The summed E-state index contributed by atoms with van der Waals surface area (Å²) in [4.78, 5) is 0. The summed E-state index contributed by atoms with van der Waals surface area (Å²) < 4.78 is 2.23. The Labute approximate surface area is 251 Å². The van der Waals surface area contributed by atoms with Crippen LogP contribution < -0.4 is 22.1 Å². The van der Waals surface area contributed by atoms with E-state index in [9.17, 15) is 0 Å². The second-order valence-electron chi connectivity index (χ2n) is 12.1. The topological polar surface area (TPSA) is 23.1 Å². The van der Waals surface area contributed by atoms with E-state index in [2.05, 4.69) is 67.5 Å². The highest BCUT2D eigenvalue weighted by molar-refractivity contribution is 7.80. The summed E-state index contributed by atoms with van der Waals surface area (Å²) in [6.07, 6.45) is 25.3. The van der Waals surface area contributed by atoms with Crippen molar-refractivity contribution in [1.82, 2.24) is 0 Å². The van der Waals surface area contributed by atoms with Crippen LogP contribution in [-0.4, -0.2) is 82.5 Å². The van der Waals surface area contributed by atoms with Gasteiger partial charge in [-0.05, 0) is 50.0 Å². The number of hydrogen-bond acceptors (Lipinski definition) is 3. The lowest BCUT2D eigenvalue weighted by molar-refractivity contribution is -0.870. The van der Waals surface area contributed by atoms with Gasteiger partial charge in [-0.2, -0.15) is 25.3 Å². The zero-order chi connectivity index (χ0) is 27.3. The number of thiol groups is 2. The van der Waals surface area contributed by atoms with Gasteiger partial charge in [-0.15, -0.1) is 6.61 Å². The lowest BCUT2D eigenvalue weighted by atomic mass is 10.1. The van der Waals surface area contributed by atoms with Gasteiger partial charge in [0.25, 0.3) is 0 Å². The van der Waals surface area contributed by atoms with Gasteiger partial charge in [-0.1, -0.05) is 84.0 Å². The summed E-state index contributed by atoms with van der Waals surface area (Å²) in [5.74, 6) is 2.12. The largest absolute Gasteiger partial charge is 1.00 e. The third kappa shape index (κ3) is 55.5. The average molecular weight is 618 g/mol. The molecule has 0 rings (SSSR count). The van der Waals surface area contributed by atoms with Gasteiger partial charge >= 0.3 is 0 Å². The maximum absolute atomic E-state index is 8.93. The van der Waals surface area contributed by atoms with Crippen molar-refractivity contribution in [1.29, 1.82) is 0 Å². The van der Waals surface area contributed by atoms with E-state index in [1.165, 1.54) is 129 Å². The zero-order valence-electron chi connectivity index (χ0n) is 25.8. The van der Waals surface area contributed by atoms with Crippen molar-refractivity contribution in [2.24, 2.45) is 0 Å². The molecule has 6 heteroatoms. The van der Waals surface area contributed by atoms with E-state index in [-0.39, 0.29) is 23.6 Å². The molecular weight excluding hydrogens is 548 g/mol. The van der Waals surface area contributed by atoms with Crippen LogP contribution in [-0.2, 0) is 0 Å². The Morgan fingerprint density at radius 2 is 0.583 bits per heavy atom. The quantitative estimate of drug-likeness (QED) is 0.103. The van der Waals surface area contributed by atoms with Crippen molar-refractivity contribution in [3.8, 4) is 0 Å². The second kappa shape index (κ2) is 34.1. The first-order valence-corrected chi connectivity index (χ1v) is 16.2. The molecule has 0 bridgehead atoms. The van der Waals surface area contributed by atoms with Crippen LogP contribution in [0.3, 0.4) is 0 Å². The molecule has 0 fully saturated rings. The summed E-state index contributed by atoms with van der Waals surface area (Å²) in [5.41, 5.74) is 0. The molecular formula is C30H69BrN2OS2. The van der Waals surface area contributed by atoms with E-state index in [1.807, 2.05) is 0 Å². The van der Waals surface area contributed by atoms with Crippen LogP contribution in [0.4, 0.5) is 0 Å². The molecule has 36 heavy (non-hydrogen) atoms. The van der Waals surface area contributed by atoms with E-state index in [0.717, 1.165) is 20.5 Å². The first kappa shape index (κ1) is 44.1. The minimum Gasteiger partial charge on any atom is -1.00 e. The van der Waals surface area contributed by atoms with Gasteiger partial charge in [0.2, 0.25) is 0 Å². The van der Waals surface area contributed by atoms with Crippen molar-refractivity contribution < 1.29 is 31.1 Å². The lowest BCUT2D eigenvalue weighted by Crippen LogP contribution is -3.00. The smallest absolute Gasteiger partial charge is 0.0780 e. The predicted octanol–water partition coefficient (Wildman–Crippen LogP) is 4.64. The summed E-state index contributed by atoms with van der Waals surface area (Å²) in [5, 5.41) is 8.93. The fraction of sp³-hybridized carbons (Fsp3) is 1.00. The van der Waals surface area contributed by atoms with Crippen molar-refractivity contribution in [2.45, 2.75) is 122 Å². The normalized spacial score (nSPS) is 11.2. The molecule has 0 heterocycles. The Bertz CT molecular complexity index is 341. The first-order chi connectivity index (χ1) is 16.5. The molecule has 0 N–H and O–H groups in total. The van der Waals surface area contributed by atoms with Gasteiger partial charge in [-0.3, -0.25) is 0 Å². The summed E-state index contributed by atoms with van der Waals surface area (Å²) in [6, 6.07) is 0. The minimum atomic E-state index is 0. The highest BCUT2D eigenvalue weighted by atomic mass is 79.9. The second-order valence-corrected chi connectivity index (χ2v) is 13.0. The lowest BCUT2D eigenvalue weighted by Gasteiger charge is -2.23. The van der Waals surface area contributed by atoms with Crippen molar-refractivity contribution in [2.75, 3.05) is 73.5 Å². The molecule has 0 aliphatic heterocycles. The van der Waals surface area contributed by atoms with E-state index < -0.39 is 0 Å². The molecule has 3 nitrogen and oxygen atoms in total. The van der Waals surface area contributed by atoms with Crippen molar-refractivity contribution in [3.63, 3.8) is 0 Å². The molecule has 0 aromatic rings. The fourth-order valence-electron chi connectivity index (χ4n) is 3.87. The molecule has 0 unspecified atom stereocenters. The van der Waals surface area contributed by atoms with E-state index >= 15 is 0 Å². The van der Waals surface area contributed by atoms with Gasteiger partial charge in [0, 0.05) is 0 Å². The molecule has 0 aromatic heterocycles. The third-order valence-electron chi connectivity index (χ3n) is 5.97. The van der Waals surface area contributed by atoms with Gasteiger partial charge in [0.05, 0.1) is 55.4 Å². The summed E-state index contributed by atoms with van der Waals surface area (Å²) in [6.45, 7) is 4.21. The molecule has 0 atom stereocenters. The van der Waals surface area contributed by atoms with E-state index in [4.69, 9.17) is 5.11 Å². The first-order valence-electron chi connectivity index (χ1n) is 14.9. The molecule has 0 aliphatic rings. The number of halogens is 1. The van der Waals surface area contributed by atoms with E-state index in [1.54, 1.807) is 6.92 Å². The van der Waals surface area contributed by atoms with E-state index in [0.29, 0.717) is 0 Å². The molecule has 0 saturated heterocycles. The van der Waals surface area contributed by atoms with Crippen LogP contribution in [0.1, 0.15) is 122 Å². The maximum atomic E-state index is 8.93. The van der Waals surface area contributed by atoms with Crippen LogP contribution >= 0.6 is 25.3 Å². The molecule has 0 aromatic carbocycles. The monoisotopic (exact) mass is 616 g/mol. The molecule has 0 aliphatic carbocycles. The average Bonchev–Trinajstić information content (AvgIpc) is 2.76. The van der Waals surface area contributed by atoms with Gasteiger partial charge in [-0.25, -0.2) is 0 Å². The Balaban J connectivity index is -0.000000250. The van der Waals surface area contributed by atoms with Crippen molar-refractivity contribution >= 4 is 25.3 Å². The Hall–Kier alpha value is 1.06. The highest BCUT2D eigenvalue weighted by Crippen LogP contribution is 2.11. The summed E-state index contributed by atoms with van der Waals surface area (Å²) in [7, 11) is 13.7. The summed E-state index contributed by atoms with van der Waals surface area (Å²) >= 11 is 8.45. The maximum Gasteiger partial charge on any atom is 0.0780 e. The van der Waals surface area contributed by atoms with Crippen LogP contribution in [0.25, 0.3) is 0 Å². The van der Waals surface area contributed by atoms with Crippen molar-refractivity contribution in [3.05, 3.63) is 0 Å². The number of unbranched alkanes of at least 4 members (excludes halogenated alkanes) is 16. The molecule has 224 valence electrons. The molecule has 0 saturated carbocycles. The van der Waals surface area contributed by atoms with Crippen LogP contribution in [0, 0.1) is 0 Å². The number of hydrogen-bond donors (Lipinski definition) is 2. The minimum absolute atomic E-state index is 0. The molecule has 0 radical (unpaired) electrons. The Morgan fingerprint density at radius 1 is 0.417 bits per heavy atom. The van der Waals surface area contributed by atoms with Gasteiger partial charge in [0.15, 0.2) is 0 Å². The molecule has 0 spiro atoms. The fourth-order valence-corrected chi connectivity index (χ4v) is 4.32. The predicted molar refractivity (Wildman–Crippen MR) is 167 cm³/mol. The number of nitrogens with zero attached hydrogens (tertiary/aromatic N) is 2. The third-order valence-corrected chi connectivity index (χ3v) is 6.61. The zero-order valence-corrected chi connectivity index (χ0v) is 29.2. The standard InChI is InChI=1S/2C14H31NS.C2H5O.BrH/c2*1-15(2,3)13-11-9-7-5-4-6-8-10-12-14-16;1-2-3;/h2*4-14H2,1-3H3;2H2,1H3;1H/q;;-1;/p+1.